The first kappa shape index (κ1) is 27.3. The molecule has 3 amide bonds. The van der Waals surface area contributed by atoms with Crippen molar-refractivity contribution >= 4 is 36.3 Å². The van der Waals surface area contributed by atoms with Crippen molar-refractivity contribution < 1.29 is 29.0 Å². The molecule has 0 fully saturated rings. The third-order valence-corrected chi connectivity index (χ3v) is 5.38. The molecule has 0 aliphatic carbocycles. The number of benzene rings is 1. The summed E-state index contributed by atoms with van der Waals surface area (Å²) in [5, 5.41) is 15.7. The van der Waals surface area contributed by atoms with Crippen molar-refractivity contribution in [2.45, 2.75) is 44.4 Å². The van der Waals surface area contributed by atoms with Crippen molar-refractivity contribution in [2.24, 2.45) is 11.8 Å². The van der Waals surface area contributed by atoms with Gasteiger partial charge in [0.25, 0.3) is 0 Å². The van der Waals surface area contributed by atoms with Crippen molar-refractivity contribution in [1.82, 2.24) is 16.0 Å². The second-order valence-electron chi connectivity index (χ2n) is 7.91. The molecule has 1 aromatic rings. The fourth-order valence-electron chi connectivity index (χ4n) is 3.18. The number of thiol groups is 1. The Balaban J connectivity index is 2.92. The van der Waals surface area contributed by atoms with Crippen LogP contribution in [0.5, 0.6) is 5.75 Å². The number of nitrogens with one attached hydrogen (secondary N) is 3. The Morgan fingerprint density at radius 2 is 1.72 bits per heavy atom. The van der Waals surface area contributed by atoms with E-state index < -0.39 is 35.6 Å². The molecule has 0 aliphatic heterocycles. The number of hydrogen-bond donors (Lipinski definition) is 5. The lowest BCUT2D eigenvalue weighted by Crippen LogP contribution is -2.50. The van der Waals surface area contributed by atoms with Crippen LogP contribution >= 0.6 is 12.6 Å². The lowest BCUT2D eigenvalue weighted by atomic mass is 9.90. The summed E-state index contributed by atoms with van der Waals surface area (Å²) in [6.45, 7) is 3.39. The lowest BCUT2D eigenvalue weighted by molar-refractivity contribution is -0.138. The molecule has 10 heteroatoms. The monoisotopic (exact) mass is 467 g/mol. The van der Waals surface area contributed by atoms with Crippen LogP contribution < -0.4 is 20.7 Å². The smallest absolute Gasteiger partial charge is 0.322 e. The summed E-state index contributed by atoms with van der Waals surface area (Å²) in [6.07, 6.45) is 0.611. The van der Waals surface area contributed by atoms with Crippen LogP contribution in [0.4, 0.5) is 0 Å². The van der Waals surface area contributed by atoms with E-state index in [1.165, 1.54) is 7.05 Å². The van der Waals surface area contributed by atoms with Crippen LogP contribution in [0.15, 0.2) is 24.3 Å². The van der Waals surface area contributed by atoms with Crippen molar-refractivity contribution in [3.8, 4) is 5.75 Å². The lowest BCUT2D eigenvalue weighted by Gasteiger charge is -2.26. The Morgan fingerprint density at radius 3 is 2.22 bits per heavy atom. The number of rotatable bonds is 13. The highest BCUT2D eigenvalue weighted by atomic mass is 32.1. The van der Waals surface area contributed by atoms with Crippen LogP contribution in [0, 0.1) is 11.8 Å². The van der Waals surface area contributed by atoms with Crippen molar-refractivity contribution in [3.05, 3.63) is 29.8 Å². The Bertz CT molecular complexity index is 784. The van der Waals surface area contributed by atoms with E-state index in [1.807, 2.05) is 26.0 Å². The fourth-order valence-corrected chi connectivity index (χ4v) is 3.61. The molecule has 0 saturated carbocycles. The molecule has 0 saturated heterocycles. The molecule has 0 heterocycles. The standard InChI is InChI=1S/C22H33N3O6S/c1-13(2)9-16(18(32)11-19(26)24-12-20(27)28)21(29)25-17(22(30)23-3)10-14-5-7-15(31-4)8-6-14/h5-8,13,16-18,32H,9-12H2,1-4H3,(H,23,30)(H,24,26)(H,25,29)(H,27,28)/t16-,17+,18+/m1/s1. The van der Waals surface area contributed by atoms with E-state index in [0.29, 0.717) is 12.2 Å². The second kappa shape index (κ2) is 13.6. The average Bonchev–Trinajstić information content (AvgIpc) is 2.75. The SMILES string of the molecule is CNC(=O)[C@H](Cc1ccc(OC)cc1)NC(=O)[C@H](CC(C)C)[C@@H](S)CC(=O)NCC(=O)O. The largest absolute Gasteiger partial charge is 0.497 e. The number of likely N-dealkylation sites (N-methyl/N-ethyl adjacent to an activating group) is 1. The van der Waals surface area contributed by atoms with Crippen LogP contribution in [-0.2, 0) is 25.6 Å². The molecule has 0 bridgehead atoms. The van der Waals surface area contributed by atoms with Gasteiger partial charge < -0.3 is 25.8 Å². The summed E-state index contributed by atoms with van der Waals surface area (Å²) in [7, 11) is 3.06. The summed E-state index contributed by atoms with van der Waals surface area (Å²) < 4.78 is 5.14. The first-order valence-electron chi connectivity index (χ1n) is 10.4. The molecule has 0 aliphatic rings. The zero-order valence-electron chi connectivity index (χ0n) is 18.9. The van der Waals surface area contributed by atoms with E-state index in [4.69, 9.17) is 9.84 Å². The fraction of sp³-hybridized carbons (Fsp3) is 0.545. The molecular weight excluding hydrogens is 434 g/mol. The number of aliphatic carboxylic acids is 1. The van der Waals surface area contributed by atoms with Gasteiger partial charge in [0.15, 0.2) is 0 Å². The van der Waals surface area contributed by atoms with E-state index in [-0.39, 0.29) is 30.6 Å². The molecule has 178 valence electrons. The predicted molar refractivity (Wildman–Crippen MR) is 124 cm³/mol. The van der Waals surface area contributed by atoms with Crippen LogP contribution in [0.1, 0.15) is 32.3 Å². The number of hydrogen-bond acceptors (Lipinski definition) is 6. The molecule has 0 radical (unpaired) electrons. The van der Waals surface area contributed by atoms with Crippen LogP contribution in [0.3, 0.4) is 0 Å². The number of carbonyl (C=O) groups excluding carboxylic acids is 3. The Morgan fingerprint density at radius 1 is 1.09 bits per heavy atom. The molecule has 0 unspecified atom stereocenters. The maximum Gasteiger partial charge on any atom is 0.322 e. The average molecular weight is 468 g/mol. The van der Waals surface area contributed by atoms with Crippen molar-refractivity contribution in [2.75, 3.05) is 20.7 Å². The molecule has 3 atom stereocenters. The van der Waals surface area contributed by atoms with E-state index in [1.54, 1.807) is 19.2 Å². The van der Waals surface area contributed by atoms with Crippen molar-refractivity contribution in [3.63, 3.8) is 0 Å². The zero-order valence-corrected chi connectivity index (χ0v) is 19.8. The topological polar surface area (TPSA) is 134 Å². The van der Waals surface area contributed by atoms with Gasteiger partial charge in [-0.2, -0.15) is 12.6 Å². The molecule has 0 aromatic heterocycles. The third-order valence-electron chi connectivity index (χ3n) is 4.84. The van der Waals surface area contributed by atoms with Crippen LogP contribution in [-0.4, -0.2) is 60.8 Å². The minimum atomic E-state index is -1.16. The molecule has 32 heavy (non-hydrogen) atoms. The second-order valence-corrected chi connectivity index (χ2v) is 8.57. The van der Waals surface area contributed by atoms with Gasteiger partial charge in [0.2, 0.25) is 17.7 Å². The van der Waals surface area contributed by atoms with Gasteiger partial charge in [0, 0.05) is 25.1 Å². The highest BCUT2D eigenvalue weighted by molar-refractivity contribution is 7.81. The molecule has 9 nitrogen and oxygen atoms in total. The Labute approximate surface area is 194 Å². The van der Waals surface area contributed by atoms with E-state index in [0.717, 1.165) is 5.56 Å². The van der Waals surface area contributed by atoms with E-state index in [2.05, 4.69) is 28.6 Å². The summed E-state index contributed by atoms with van der Waals surface area (Å²) in [6, 6.07) is 6.39. The van der Waals surface area contributed by atoms with Gasteiger partial charge in [0.05, 0.1) is 13.0 Å². The van der Waals surface area contributed by atoms with Crippen LogP contribution in [0.25, 0.3) is 0 Å². The summed E-state index contributed by atoms with van der Waals surface area (Å²) in [5.41, 5.74) is 0.843. The van der Waals surface area contributed by atoms with Gasteiger partial charge in [0.1, 0.15) is 18.3 Å². The number of ether oxygens (including phenoxy) is 1. The Hall–Kier alpha value is -2.75. The maximum atomic E-state index is 13.1. The normalized spacial score (nSPS) is 13.6. The van der Waals surface area contributed by atoms with Crippen LogP contribution in [0.2, 0.25) is 0 Å². The number of carboxylic acids is 1. The predicted octanol–water partition coefficient (Wildman–Crippen LogP) is 1.02. The molecule has 0 spiro atoms. The third kappa shape index (κ3) is 9.59. The minimum absolute atomic E-state index is 0.121. The van der Waals surface area contributed by atoms with E-state index in [9.17, 15) is 19.2 Å². The first-order chi connectivity index (χ1) is 15.1. The zero-order chi connectivity index (χ0) is 24.3. The highest BCUT2D eigenvalue weighted by Crippen LogP contribution is 2.23. The van der Waals surface area contributed by atoms with Gasteiger partial charge in [-0.3, -0.25) is 19.2 Å². The number of methoxy groups -OCH3 is 1. The number of amides is 3. The molecule has 4 N–H and O–H groups in total. The molecular formula is C22H33N3O6S. The summed E-state index contributed by atoms with van der Waals surface area (Å²) in [4.78, 5) is 48.2. The summed E-state index contributed by atoms with van der Waals surface area (Å²) in [5.74, 6) is -2.20. The number of carboxylic acid groups (broad SMARTS) is 1. The molecule has 1 rings (SSSR count). The summed E-state index contributed by atoms with van der Waals surface area (Å²) >= 11 is 4.46. The Kier molecular flexibility index (Phi) is 11.6. The quantitative estimate of drug-likeness (QED) is 0.275. The van der Waals surface area contributed by atoms with Gasteiger partial charge in [-0.25, -0.2) is 0 Å². The maximum absolute atomic E-state index is 13.1. The number of carbonyl (C=O) groups is 4. The van der Waals surface area contributed by atoms with Crippen molar-refractivity contribution in [1.29, 1.82) is 0 Å². The molecule has 1 aromatic carbocycles. The first-order valence-corrected chi connectivity index (χ1v) is 10.9. The van der Waals surface area contributed by atoms with Gasteiger partial charge in [-0.1, -0.05) is 26.0 Å². The van der Waals surface area contributed by atoms with Gasteiger partial charge in [-0.15, -0.1) is 0 Å². The van der Waals surface area contributed by atoms with Gasteiger partial charge in [-0.05, 0) is 30.0 Å². The minimum Gasteiger partial charge on any atom is -0.497 e. The van der Waals surface area contributed by atoms with E-state index >= 15 is 0 Å². The van der Waals surface area contributed by atoms with Gasteiger partial charge >= 0.3 is 5.97 Å². The highest BCUT2D eigenvalue weighted by Gasteiger charge is 2.31.